The van der Waals surface area contributed by atoms with Crippen molar-refractivity contribution < 1.29 is 9.53 Å². The van der Waals surface area contributed by atoms with E-state index in [9.17, 15) is 4.79 Å². The summed E-state index contributed by atoms with van der Waals surface area (Å²) in [5.41, 5.74) is 7.56. The van der Waals surface area contributed by atoms with Gasteiger partial charge in [-0.1, -0.05) is 0 Å². The molecule has 0 atom stereocenters. The summed E-state index contributed by atoms with van der Waals surface area (Å²) in [6.07, 6.45) is 6.35. The molecule has 1 saturated heterocycles. The van der Waals surface area contributed by atoms with Gasteiger partial charge in [-0.2, -0.15) is 0 Å². The van der Waals surface area contributed by atoms with Gasteiger partial charge in [0.05, 0.1) is 24.4 Å². The Bertz CT molecular complexity index is 716. The van der Waals surface area contributed by atoms with Crippen LogP contribution in [0.4, 0.5) is 23.0 Å². The highest BCUT2D eigenvalue weighted by molar-refractivity contribution is 5.78. The molecule has 3 heterocycles. The fraction of sp³-hybridized carbons (Fsp3) is 0.412. The zero-order chi connectivity index (χ0) is 17.6. The molecule has 0 amide bonds. The molecule has 2 aromatic heterocycles. The first kappa shape index (κ1) is 16.9. The molecule has 2 aromatic rings. The van der Waals surface area contributed by atoms with Gasteiger partial charge >= 0.3 is 5.97 Å². The first-order valence-corrected chi connectivity index (χ1v) is 8.38. The van der Waals surface area contributed by atoms with Crippen LogP contribution in [0.5, 0.6) is 0 Å². The molecule has 8 nitrogen and oxygen atoms in total. The molecular formula is C17H22N6O2. The zero-order valence-corrected chi connectivity index (χ0v) is 14.2. The Labute approximate surface area is 146 Å². The van der Waals surface area contributed by atoms with Crippen LogP contribution in [0, 0.1) is 5.92 Å². The number of nitrogen functional groups attached to an aromatic ring is 1. The van der Waals surface area contributed by atoms with E-state index in [2.05, 4.69) is 25.2 Å². The first-order chi connectivity index (χ1) is 12.2. The third kappa shape index (κ3) is 3.96. The normalized spacial score (nSPS) is 15.0. The number of hydrogen-bond acceptors (Lipinski definition) is 8. The molecule has 8 heteroatoms. The van der Waals surface area contributed by atoms with E-state index < -0.39 is 0 Å². The van der Waals surface area contributed by atoms with Gasteiger partial charge in [-0.05, 0) is 31.9 Å². The third-order valence-corrected chi connectivity index (χ3v) is 4.20. The van der Waals surface area contributed by atoms with Gasteiger partial charge in [0.25, 0.3) is 0 Å². The van der Waals surface area contributed by atoms with Gasteiger partial charge in [-0.3, -0.25) is 9.78 Å². The SMILES string of the molecule is CCOC(=O)C1CCN(c2ncnc(Nc3cccnc3)c2N)CC1. The molecule has 0 saturated carbocycles. The number of nitrogens with zero attached hydrogens (tertiary/aromatic N) is 4. The summed E-state index contributed by atoms with van der Waals surface area (Å²) in [4.78, 5) is 26.6. The fourth-order valence-electron chi connectivity index (χ4n) is 2.90. The lowest BCUT2D eigenvalue weighted by atomic mass is 9.97. The molecule has 0 unspecified atom stereocenters. The minimum Gasteiger partial charge on any atom is -0.466 e. The number of aromatic nitrogens is 3. The number of nitrogens with one attached hydrogen (secondary N) is 1. The Morgan fingerprint density at radius 1 is 1.40 bits per heavy atom. The van der Waals surface area contributed by atoms with E-state index in [-0.39, 0.29) is 11.9 Å². The summed E-state index contributed by atoms with van der Waals surface area (Å²) in [6.45, 7) is 3.65. The number of pyridine rings is 1. The van der Waals surface area contributed by atoms with Crippen LogP contribution in [0.2, 0.25) is 0 Å². The second-order valence-electron chi connectivity index (χ2n) is 5.84. The second-order valence-corrected chi connectivity index (χ2v) is 5.84. The van der Waals surface area contributed by atoms with Crippen molar-refractivity contribution in [2.75, 3.05) is 35.6 Å². The maximum atomic E-state index is 11.9. The monoisotopic (exact) mass is 342 g/mol. The van der Waals surface area contributed by atoms with E-state index in [1.54, 1.807) is 12.4 Å². The van der Waals surface area contributed by atoms with Crippen molar-refractivity contribution in [3.05, 3.63) is 30.9 Å². The van der Waals surface area contributed by atoms with Crippen LogP contribution in [0.25, 0.3) is 0 Å². The average molecular weight is 342 g/mol. The van der Waals surface area contributed by atoms with E-state index in [0.29, 0.717) is 37.0 Å². The number of esters is 1. The number of piperidine rings is 1. The first-order valence-electron chi connectivity index (χ1n) is 8.38. The van der Waals surface area contributed by atoms with Crippen molar-refractivity contribution >= 4 is 29.0 Å². The molecule has 0 aliphatic carbocycles. The lowest BCUT2D eigenvalue weighted by molar-refractivity contribution is -0.148. The molecule has 3 rings (SSSR count). The summed E-state index contributed by atoms with van der Waals surface area (Å²) < 4.78 is 5.11. The summed E-state index contributed by atoms with van der Waals surface area (Å²) in [5.74, 6) is 1.07. The minimum absolute atomic E-state index is 0.0488. The molecule has 1 aliphatic rings. The molecular weight excluding hydrogens is 320 g/mol. The van der Waals surface area contributed by atoms with Crippen molar-refractivity contribution in [2.24, 2.45) is 5.92 Å². The average Bonchev–Trinajstić information content (AvgIpc) is 2.65. The van der Waals surface area contributed by atoms with Crippen LogP contribution >= 0.6 is 0 Å². The molecule has 0 bridgehead atoms. The molecule has 0 aromatic carbocycles. The van der Waals surface area contributed by atoms with E-state index in [1.165, 1.54) is 6.33 Å². The Hall–Kier alpha value is -2.90. The van der Waals surface area contributed by atoms with Crippen molar-refractivity contribution in [1.82, 2.24) is 15.0 Å². The van der Waals surface area contributed by atoms with Gasteiger partial charge in [-0.15, -0.1) is 0 Å². The largest absolute Gasteiger partial charge is 0.466 e. The smallest absolute Gasteiger partial charge is 0.309 e. The predicted octanol–water partition coefficient (Wildman–Crippen LogP) is 1.98. The van der Waals surface area contributed by atoms with Crippen molar-refractivity contribution in [2.45, 2.75) is 19.8 Å². The van der Waals surface area contributed by atoms with Crippen LogP contribution in [-0.2, 0) is 9.53 Å². The lowest BCUT2D eigenvalue weighted by Crippen LogP contribution is -2.37. The van der Waals surface area contributed by atoms with Gasteiger partial charge in [0.15, 0.2) is 11.6 Å². The molecule has 1 aliphatic heterocycles. The number of carbonyl (C=O) groups excluding carboxylic acids is 1. The highest BCUT2D eigenvalue weighted by Gasteiger charge is 2.27. The number of anilines is 4. The van der Waals surface area contributed by atoms with E-state index in [1.807, 2.05) is 19.1 Å². The van der Waals surface area contributed by atoms with Gasteiger partial charge < -0.3 is 20.7 Å². The van der Waals surface area contributed by atoms with Crippen LogP contribution in [0.3, 0.4) is 0 Å². The van der Waals surface area contributed by atoms with Gasteiger partial charge in [0.2, 0.25) is 0 Å². The standard InChI is InChI=1S/C17H22N6O2/c1-2-25-17(24)12-5-8-23(9-6-12)16-14(18)15(20-11-21-16)22-13-4-3-7-19-10-13/h3-4,7,10-12H,2,5-6,8-9,18H2,1H3,(H,20,21,22). The molecule has 0 spiro atoms. The summed E-state index contributed by atoms with van der Waals surface area (Å²) in [7, 11) is 0. The van der Waals surface area contributed by atoms with E-state index in [0.717, 1.165) is 18.5 Å². The van der Waals surface area contributed by atoms with Crippen molar-refractivity contribution in [3.63, 3.8) is 0 Å². The Morgan fingerprint density at radius 3 is 2.88 bits per heavy atom. The molecule has 25 heavy (non-hydrogen) atoms. The number of ether oxygens (including phenoxy) is 1. The van der Waals surface area contributed by atoms with Crippen LogP contribution < -0.4 is 16.0 Å². The van der Waals surface area contributed by atoms with Crippen LogP contribution in [0.1, 0.15) is 19.8 Å². The van der Waals surface area contributed by atoms with Crippen LogP contribution in [0.15, 0.2) is 30.9 Å². The number of carbonyl (C=O) groups is 1. The molecule has 3 N–H and O–H groups in total. The third-order valence-electron chi connectivity index (χ3n) is 4.20. The van der Waals surface area contributed by atoms with Gasteiger partial charge in [0.1, 0.15) is 12.0 Å². The summed E-state index contributed by atoms with van der Waals surface area (Å²) in [5, 5.41) is 3.16. The fourth-order valence-corrected chi connectivity index (χ4v) is 2.90. The topological polar surface area (TPSA) is 106 Å². The maximum Gasteiger partial charge on any atom is 0.309 e. The zero-order valence-electron chi connectivity index (χ0n) is 14.2. The summed E-state index contributed by atoms with van der Waals surface area (Å²) in [6, 6.07) is 3.72. The van der Waals surface area contributed by atoms with Crippen molar-refractivity contribution in [1.29, 1.82) is 0 Å². The Balaban J connectivity index is 1.69. The molecule has 1 fully saturated rings. The highest BCUT2D eigenvalue weighted by Crippen LogP contribution is 2.31. The second kappa shape index (κ2) is 7.78. The van der Waals surface area contributed by atoms with E-state index >= 15 is 0 Å². The lowest BCUT2D eigenvalue weighted by Gasteiger charge is -2.32. The van der Waals surface area contributed by atoms with Gasteiger partial charge in [-0.25, -0.2) is 9.97 Å². The Kier molecular flexibility index (Phi) is 5.27. The maximum absolute atomic E-state index is 11.9. The van der Waals surface area contributed by atoms with E-state index in [4.69, 9.17) is 10.5 Å². The minimum atomic E-state index is -0.114. The number of nitrogens with two attached hydrogens (primary N) is 1. The quantitative estimate of drug-likeness (QED) is 0.795. The number of rotatable bonds is 5. The van der Waals surface area contributed by atoms with Crippen molar-refractivity contribution in [3.8, 4) is 0 Å². The van der Waals surface area contributed by atoms with Crippen LogP contribution in [-0.4, -0.2) is 40.6 Å². The Morgan fingerprint density at radius 2 is 2.20 bits per heavy atom. The summed E-state index contributed by atoms with van der Waals surface area (Å²) >= 11 is 0. The number of hydrogen-bond donors (Lipinski definition) is 2. The predicted molar refractivity (Wildman–Crippen MR) is 95.5 cm³/mol. The highest BCUT2D eigenvalue weighted by atomic mass is 16.5. The molecule has 132 valence electrons. The van der Waals surface area contributed by atoms with Gasteiger partial charge in [0, 0.05) is 19.3 Å². The molecule has 0 radical (unpaired) electrons.